The molecule has 1 aliphatic rings. The summed E-state index contributed by atoms with van der Waals surface area (Å²) in [7, 11) is 0. The summed E-state index contributed by atoms with van der Waals surface area (Å²) in [5.41, 5.74) is 0.860. The van der Waals surface area contributed by atoms with Gasteiger partial charge >= 0.3 is 0 Å². The van der Waals surface area contributed by atoms with Crippen LogP contribution in [0.2, 0.25) is 0 Å². The number of nitrogens with zero attached hydrogens (tertiary/aromatic N) is 1. The fourth-order valence-electron chi connectivity index (χ4n) is 2.36. The molecule has 0 bridgehead atoms. The van der Waals surface area contributed by atoms with E-state index in [2.05, 4.69) is 0 Å². The maximum atomic E-state index is 12.7. The van der Waals surface area contributed by atoms with Gasteiger partial charge in [-0.15, -0.1) is 0 Å². The highest BCUT2D eigenvalue weighted by Crippen LogP contribution is 2.24. The number of β-amino-alcohol motifs (C(OH)–C–C–N with tert-alkyl or cyclic N) is 1. The minimum absolute atomic E-state index is 0.150. The van der Waals surface area contributed by atoms with Crippen molar-refractivity contribution in [1.82, 2.24) is 4.90 Å². The van der Waals surface area contributed by atoms with Crippen LogP contribution in [0.3, 0.4) is 0 Å². The third-order valence-corrected chi connectivity index (χ3v) is 3.21. The summed E-state index contributed by atoms with van der Waals surface area (Å²) in [4.78, 5) is 1.79. The number of benzene rings is 1. The van der Waals surface area contributed by atoms with Crippen LogP contribution in [-0.4, -0.2) is 35.6 Å². The minimum atomic E-state index is -2.41. The number of aliphatic hydroxyl groups is 1. The smallest absolute Gasteiger partial charge is 0.242 e. The predicted molar refractivity (Wildman–Crippen MR) is 61.8 cm³/mol. The Morgan fingerprint density at radius 3 is 2.50 bits per heavy atom. The van der Waals surface area contributed by atoms with Crippen molar-refractivity contribution in [2.75, 3.05) is 13.1 Å². The van der Waals surface area contributed by atoms with Crippen molar-refractivity contribution < 1.29 is 18.3 Å². The van der Waals surface area contributed by atoms with Gasteiger partial charge in [0.1, 0.15) is 5.82 Å². The third-order valence-electron chi connectivity index (χ3n) is 3.21. The largest absolute Gasteiger partial charge is 0.392 e. The van der Waals surface area contributed by atoms with Crippen LogP contribution in [0.15, 0.2) is 24.3 Å². The van der Waals surface area contributed by atoms with E-state index in [4.69, 9.17) is 0 Å². The molecule has 1 heterocycles. The Hall–Kier alpha value is -1.07. The molecule has 1 N–H and O–H groups in total. The van der Waals surface area contributed by atoms with Gasteiger partial charge in [0, 0.05) is 25.6 Å². The zero-order chi connectivity index (χ0) is 13.1. The molecule has 5 heteroatoms. The average Bonchev–Trinajstić information content (AvgIpc) is 2.31. The fraction of sp³-hybridized carbons (Fsp3) is 0.538. The Morgan fingerprint density at radius 2 is 1.89 bits per heavy atom. The molecule has 2 nitrogen and oxygen atoms in total. The quantitative estimate of drug-likeness (QED) is 0.900. The molecular weight excluding hydrogens is 243 g/mol. The van der Waals surface area contributed by atoms with Crippen molar-refractivity contribution in [3.63, 3.8) is 0 Å². The molecule has 0 saturated carbocycles. The summed E-state index contributed by atoms with van der Waals surface area (Å²) >= 11 is 0. The van der Waals surface area contributed by atoms with Crippen molar-refractivity contribution >= 4 is 0 Å². The van der Waals surface area contributed by atoms with Crippen LogP contribution in [0.4, 0.5) is 13.2 Å². The van der Waals surface area contributed by atoms with Gasteiger partial charge in [-0.2, -0.15) is 0 Å². The fourth-order valence-corrected chi connectivity index (χ4v) is 2.36. The topological polar surface area (TPSA) is 23.5 Å². The number of hydrogen-bond donors (Lipinski definition) is 1. The molecule has 2 rings (SSSR count). The molecule has 2 atom stereocenters. The van der Waals surface area contributed by atoms with Gasteiger partial charge in [0.25, 0.3) is 0 Å². The summed E-state index contributed by atoms with van der Waals surface area (Å²) in [6.07, 6.45) is -2.97. The molecule has 1 unspecified atom stereocenters. The van der Waals surface area contributed by atoms with E-state index in [0.29, 0.717) is 13.1 Å². The SMILES string of the molecule is O[C@H]1CC(C(F)F)CN(Cc2ccc(F)cc2)C1. The summed E-state index contributed by atoms with van der Waals surface area (Å²) in [5.74, 6) is -1.10. The number of likely N-dealkylation sites (tertiary alicyclic amines) is 1. The summed E-state index contributed by atoms with van der Waals surface area (Å²) in [6.45, 7) is 1.12. The Balaban J connectivity index is 1.98. The van der Waals surface area contributed by atoms with Gasteiger partial charge in [-0.3, -0.25) is 4.90 Å². The van der Waals surface area contributed by atoms with Crippen LogP contribution in [-0.2, 0) is 6.54 Å². The lowest BCUT2D eigenvalue weighted by Gasteiger charge is -2.35. The van der Waals surface area contributed by atoms with Crippen molar-refractivity contribution in [2.24, 2.45) is 5.92 Å². The van der Waals surface area contributed by atoms with E-state index in [1.54, 1.807) is 17.0 Å². The average molecular weight is 259 g/mol. The standard InChI is InChI=1S/C13H16F3NO/c14-11-3-1-9(2-4-11)6-17-7-10(13(15)16)5-12(18)8-17/h1-4,10,12-13,18H,5-8H2/t10?,12-/m0/s1. The Bertz CT molecular complexity index is 382. The van der Waals surface area contributed by atoms with Crippen LogP contribution in [0.5, 0.6) is 0 Å². The molecule has 1 aliphatic heterocycles. The molecule has 1 aromatic rings. The Labute approximate surface area is 104 Å². The van der Waals surface area contributed by atoms with Crippen LogP contribution < -0.4 is 0 Å². The lowest BCUT2D eigenvalue weighted by atomic mass is 9.96. The molecule has 0 radical (unpaired) electrons. The first kappa shape index (κ1) is 13.4. The second-order valence-electron chi connectivity index (χ2n) is 4.80. The molecule has 1 aromatic carbocycles. The van der Waals surface area contributed by atoms with E-state index in [9.17, 15) is 18.3 Å². The highest BCUT2D eigenvalue weighted by molar-refractivity contribution is 5.16. The first-order valence-corrected chi connectivity index (χ1v) is 5.97. The third kappa shape index (κ3) is 3.46. The maximum absolute atomic E-state index is 12.7. The molecule has 0 aliphatic carbocycles. The molecule has 0 amide bonds. The van der Waals surface area contributed by atoms with Crippen molar-refractivity contribution in [3.8, 4) is 0 Å². The summed E-state index contributed by atoms with van der Waals surface area (Å²) in [5, 5.41) is 9.59. The number of piperidine rings is 1. The lowest BCUT2D eigenvalue weighted by molar-refractivity contribution is -0.0280. The summed E-state index contributed by atoms with van der Waals surface area (Å²) < 4.78 is 38.1. The van der Waals surface area contributed by atoms with Crippen molar-refractivity contribution in [2.45, 2.75) is 25.5 Å². The Morgan fingerprint density at radius 1 is 1.22 bits per heavy atom. The highest BCUT2D eigenvalue weighted by atomic mass is 19.3. The van der Waals surface area contributed by atoms with Gasteiger partial charge in [-0.1, -0.05) is 12.1 Å². The minimum Gasteiger partial charge on any atom is -0.392 e. The molecule has 100 valence electrons. The number of hydrogen-bond acceptors (Lipinski definition) is 2. The van der Waals surface area contributed by atoms with Gasteiger partial charge < -0.3 is 5.11 Å². The maximum Gasteiger partial charge on any atom is 0.242 e. The van der Waals surface area contributed by atoms with Crippen molar-refractivity contribution in [3.05, 3.63) is 35.6 Å². The normalized spacial score (nSPS) is 25.6. The van der Waals surface area contributed by atoms with Gasteiger partial charge in [0.15, 0.2) is 0 Å². The lowest BCUT2D eigenvalue weighted by Crippen LogP contribution is -2.44. The van der Waals surface area contributed by atoms with Crippen LogP contribution >= 0.6 is 0 Å². The molecule has 0 aromatic heterocycles. The zero-order valence-electron chi connectivity index (χ0n) is 9.90. The van der Waals surface area contributed by atoms with E-state index < -0.39 is 18.4 Å². The molecule has 18 heavy (non-hydrogen) atoms. The monoisotopic (exact) mass is 259 g/mol. The van der Waals surface area contributed by atoms with Crippen LogP contribution in [0.25, 0.3) is 0 Å². The number of rotatable bonds is 3. The molecule has 0 spiro atoms. The van der Waals surface area contributed by atoms with Gasteiger partial charge in [-0.25, -0.2) is 13.2 Å². The van der Waals surface area contributed by atoms with E-state index in [1.165, 1.54) is 12.1 Å². The van der Waals surface area contributed by atoms with Crippen LogP contribution in [0.1, 0.15) is 12.0 Å². The second-order valence-corrected chi connectivity index (χ2v) is 4.80. The van der Waals surface area contributed by atoms with Gasteiger partial charge in [-0.05, 0) is 24.1 Å². The first-order valence-electron chi connectivity index (χ1n) is 5.97. The number of alkyl halides is 2. The predicted octanol–water partition coefficient (Wildman–Crippen LogP) is 2.27. The molecular formula is C13H16F3NO. The highest BCUT2D eigenvalue weighted by Gasteiger charge is 2.31. The van der Waals surface area contributed by atoms with E-state index in [1.807, 2.05) is 0 Å². The first-order chi connectivity index (χ1) is 8.54. The summed E-state index contributed by atoms with van der Waals surface area (Å²) in [6, 6.07) is 5.96. The second kappa shape index (κ2) is 5.71. The van der Waals surface area contributed by atoms with E-state index >= 15 is 0 Å². The molecule has 1 fully saturated rings. The zero-order valence-corrected chi connectivity index (χ0v) is 9.90. The van der Waals surface area contributed by atoms with Crippen LogP contribution in [0, 0.1) is 11.7 Å². The Kier molecular flexibility index (Phi) is 4.24. The van der Waals surface area contributed by atoms with Crippen molar-refractivity contribution in [1.29, 1.82) is 0 Å². The number of aliphatic hydroxyl groups excluding tert-OH is 1. The van der Waals surface area contributed by atoms with E-state index in [0.717, 1.165) is 5.56 Å². The van der Waals surface area contributed by atoms with Gasteiger partial charge in [0.2, 0.25) is 6.43 Å². The molecule has 1 saturated heterocycles. The van der Waals surface area contributed by atoms with Gasteiger partial charge in [0.05, 0.1) is 6.10 Å². The van der Waals surface area contributed by atoms with E-state index in [-0.39, 0.29) is 18.8 Å². The number of halogens is 3.